The molecule has 116 valence electrons. The molecule has 3 nitrogen and oxygen atoms in total. The molecule has 0 spiro atoms. The summed E-state index contributed by atoms with van der Waals surface area (Å²) in [7, 11) is 1.67. The number of benzene rings is 2. The third-order valence-electron chi connectivity index (χ3n) is 3.82. The van der Waals surface area contributed by atoms with E-state index in [1.54, 1.807) is 18.4 Å². The van der Waals surface area contributed by atoms with E-state index in [9.17, 15) is 5.11 Å². The van der Waals surface area contributed by atoms with Crippen molar-refractivity contribution < 1.29 is 9.84 Å². The van der Waals surface area contributed by atoms with Crippen LogP contribution in [0.3, 0.4) is 0 Å². The van der Waals surface area contributed by atoms with Crippen LogP contribution in [0.5, 0.6) is 5.75 Å². The molecule has 0 fully saturated rings. The number of isothiocyanates is 1. The first kappa shape index (κ1) is 15.8. The molecule has 1 aromatic heterocycles. The van der Waals surface area contributed by atoms with Gasteiger partial charge in [0.15, 0.2) is 0 Å². The molecule has 0 aliphatic carbocycles. The van der Waals surface area contributed by atoms with Gasteiger partial charge in [0, 0.05) is 15.0 Å². The zero-order valence-corrected chi connectivity index (χ0v) is 14.4. The lowest BCUT2D eigenvalue weighted by Gasteiger charge is -2.06. The molecule has 0 atom stereocenters. The lowest BCUT2D eigenvalue weighted by atomic mass is 10.0. The maximum atomic E-state index is 9.60. The van der Waals surface area contributed by atoms with Crippen molar-refractivity contribution in [3.8, 4) is 16.2 Å². The monoisotopic (exact) mass is 341 g/mol. The van der Waals surface area contributed by atoms with Crippen LogP contribution in [0, 0.1) is 6.92 Å². The van der Waals surface area contributed by atoms with Crippen molar-refractivity contribution >= 4 is 44.5 Å². The standard InChI is InChI=1S/C18H15NO2S2/c1-11-16-15(21-2)8-5-13(9-20)18(16)23-17(11)12-3-6-14(7-4-12)19-10-22/h3-8,20H,9H2,1-2H3. The van der Waals surface area contributed by atoms with E-state index in [1.807, 2.05) is 36.4 Å². The van der Waals surface area contributed by atoms with Crippen molar-refractivity contribution in [3.05, 3.63) is 47.5 Å². The summed E-state index contributed by atoms with van der Waals surface area (Å²) in [5, 5.41) is 13.0. The highest BCUT2D eigenvalue weighted by molar-refractivity contribution is 7.78. The summed E-state index contributed by atoms with van der Waals surface area (Å²) in [5.41, 5.74) is 3.97. The van der Waals surface area contributed by atoms with Crippen LogP contribution >= 0.6 is 23.6 Å². The normalized spacial score (nSPS) is 10.6. The molecule has 0 bridgehead atoms. The minimum absolute atomic E-state index is 0.0161. The van der Waals surface area contributed by atoms with E-state index in [2.05, 4.69) is 29.3 Å². The largest absolute Gasteiger partial charge is 0.496 e. The summed E-state index contributed by atoms with van der Waals surface area (Å²) in [6.07, 6.45) is 0. The molecule has 0 amide bonds. The van der Waals surface area contributed by atoms with Crippen molar-refractivity contribution in [1.82, 2.24) is 0 Å². The molecule has 5 heteroatoms. The first-order valence-electron chi connectivity index (χ1n) is 7.07. The summed E-state index contributed by atoms with van der Waals surface area (Å²) in [6, 6.07) is 11.7. The Morgan fingerprint density at radius 1 is 1.22 bits per heavy atom. The molecule has 3 aromatic rings. The third-order valence-corrected chi connectivity index (χ3v) is 5.32. The third kappa shape index (κ3) is 2.80. The van der Waals surface area contributed by atoms with E-state index in [-0.39, 0.29) is 6.61 Å². The number of aliphatic imine (C=N–C) groups is 1. The van der Waals surface area contributed by atoms with Crippen LogP contribution in [-0.4, -0.2) is 17.4 Å². The fourth-order valence-corrected chi connectivity index (χ4v) is 4.12. The van der Waals surface area contributed by atoms with Gasteiger partial charge in [0.2, 0.25) is 0 Å². The summed E-state index contributed by atoms with van der Waals surface area (Å²) < 4.78 is 6.57. The smallest absolute Gasteiger partial charge is 0.127 e. The van der Waals surface area contributed by atoms with Crippen LogP contribution in [0.25, 0.3) is 20.5 Å². The maximum absolute atomic E-state index is 9.60. The number of methoxy groups -OCH3 is 1. The van der Waals surface area contributed by atoms with Gasteiger partial charge in [-0.3, -0.25) is 0 Å². The molecule has 0 unspecified atom stereocenters. The summed E-state index contributed by atoms with van der Waals surface area (Å²) in [4.78, 5) is 5.14. The van der Waals surface area contributed by atoms with E-state index in [0.717, 1.165) is 43.1 Å². The minimum Gasteiger partial charge on any atom is -0.496 e. The zero-order valence-electron chi connectivity index (χ0n) is 12.8. The number of aryl methyl sites for hydroxylation is 1. The molecule has 0 aliphatic heterocycles. The molecule has 1 N–H and O–H groups in total. The van der Waals surface area contributed by atoms with Crippen molar-refractivity contribution in [3.63, 3.8) is 0 Å². The number of nitrogens with zero attached hydrogens (tertiary/aromatic N) is 1. The molecular formula is C18H15NO2S2. The van der Waals surface area contributed by atoms with Crippen molar-refractivity contribution in [2.45, 2.75) is 13.5 Å². The van der Waals surface area contributed by atoms with Gasteiger partial charge in [-0.25, -0.2) is 0 Å². The Balaban J connectivity index is 2.22. The highest BCUT2D eigenvalue weighted by Crippen LogP contribution is 2.44. The Morgan fingerprint density at radius 3 is 2.57 bits per heavy atom. The van der Waals surface area contributed by atoms with Crippen LogP contribution in [0.15, 0.2) is 41.4 Å². The lowest BCUT2D eigenvalue weighted by molar-refractivity contribution is 0.283. The minimum atomic E-state index is 0.0161. The summed E-state index contributed by atoms with van der Waals surface area (Å²) >= 11 is 6.30. The number of aliphatic hydroxyl groups is 1. The number of ether oxygens (including phenoxy) is 1. The van der Waals surface area contributed by atoms with E-state index >= 15 is 0 Å². The van der Waals surface area contributed by atoms with E-state index in [0.29, 0.717) is 0 Å². The zero-order chi connectivity index (χ0) is 16.4. The van der Waals surface area contributed by atoms with Crippen LogP contribution in [0.2, 0.25) is 0 Å². The Kier molecular flexibility index (Phi) is 4.55. The van der Waals surface area contributed by atoms with Gasteiger partial charge in [0.25, 0.3) is 0 Å². The SMILES string of the molecule is COc1ccc(CO)c2sc(-c3ccc(N=C=S)cc3)c(C)c12. The molecule has 1 heterocycles. The quantitative estimate of drug-likeness (QED) is 0.529. The molecule has 0 saturated carbocycles. The number of hydrogen-bond acceptors (Lipinski definition) is 5. The van der Waals surface area contributed by atoms with Crippen molar-refractivity contribution in [2.24, 2.45) is 4.99 Å². The second-order valence-corrected chi connectivity index (χ2v) is 6.30. The number of thiophene rings is 1. The van der Waals surface area contributed by atoms with E-state index < -0.39 is 0 Å². The summed E-state index contributed by atoms with van der Waals surface area (Å²) in [6.45, 7) is 2.10. The number of thiocarbonyl (C=S) groups is 1. The predicted octanol–water partition coefficient (Wildman–Crippen LogP) is 5.11. The van der Waals surface area contributed by atoms with Crippen LogP contribution < -0.4 is 4.74 Å². The van der Waals surface area contributed by atoms with Crippen LogP contribution in [0.1, 0.15) is 11.1 Å². The van der Waals surface area contributed by atoms with Crippen molar-refractivity contribution in [1.29, 1.82) is 0 Å². The molecule has 3 rings (SSSR count). The van der Waals surface area contributed by atoms with Gasteiger partial charge in [-0.05, 0) is 54.0 Å². The van der Waals surface area contributed by atoms with Gasteiger partial charge in [0.05, 0.1) is 24.6 Å². The first-order chi connectivity index (χ1) is 11.2. The van der Waals surface area contributed by atoms with Gasteiger partial charge < -0.3 is 9.84 Å². The topological polar surface area (TPSA) is 41.8 Å². The molecule has 0 saturated heterocycles. The van der Waals surface area contributed by atoms with Gasteiger partial charge in [-0.15, -0.1) is 11.3 Å². The number of hydrogen-bond donors (Lipinski definition) is 1. The fourth-order valence-electron chi connectivity index (χ4n) is 2.68. The average Bonchev–Trinajstić information content (AvgIpc) is 2.93. The molecule has 0 radical (unpaired) electrons. The molecule has 23 heavy (non-hydrogen) atoms. The van der Waals surface area contributed by atoms with Crippen LogP contribution in [0.4, 0.5) is 5.69 Å². The highest BCUT2D eigenvalue weighted by atomic mass is 32.1. The lowest BCUT2D eigenvalue weighted by Crippen LogP contribution is -1.88. The maximum Gasteiger partial charge on any atom is 0.127 e. The fraction of sp³-hybridized carbons (Fsp3) is 0.167. The molecule has 2 aromatic carbocycles. The van der Waals surface area contributed by atoms with Gasteiger partial charge in [0.1, 0.15) is 5.75 Å². The van der Waals surface area contributed by atoms with Gasteiger partial charge in [-0.1, -0.05) is 18.2 Å². The Hall–Kier alpha value is -2.04. The van der Waals surface area contributed by atoms with Crippen LogP contribution in [-0.2, 0) is 6.61 Å². The Morgan fingerprint density at radius 2 is 1.96 bits per heavy atom. The van der Waals surface area contributed by atoms with Gasteiger partial charge in [-0.2, -0.15) is 4.99 Å². The average molecular weight is 341 g/mol. The van der Waals surface area contributed by atoms with E-state index in [4.69, 9.17) is 4.74 Å². The predicted molar refractivity (Wildman–Crippen MR) is 99.2 cm³/mol. The molecular weight excluding hydrogens is 326 g/mol. The highest BCUT2D eigenvalue weighted by Gasteiger charge is 2.16. The first-order valence-corrected chi connectivity index (χ1v) is 8.30. The number of aliphatic hydroxyl groups excluding tert-OH is 1. The van der Waals surface area contributed by atoms with E-state index in [1.165, 1.54) is 0 Å². The van der Waals surface area contributed by atoms with Crippen molar-refractivity contribution in [2.75, 3.05) is 7.11 Å². The Bertz CT molecular complexity index is 907. The summed E-state index contributed by atoms with van der Waals surface area (Å²) in [5.74, 6) is 0.833. The Labute approximate surface area is 143 Å². The molecule has 0 aliphatic rings. The van der Waals surface area contributed by atoms with Gasteiger partial charge >= 0.3 is 0 Å². The second-order valence-electron chi connectivity index (χ2n) is 5.10. The number of fused-ring (bicyclic) bond motifs is 1. The number of rotatable bonds is 4. The second kappa shape index (κ2) is 6.60.